The van der Waals surface area contributed by atoms with E-state index in [1.807, 2.05) is 18.3 Å². The van der Waals surface area contributed by atoms with Crippen molar-refractivity contribution < 1.29 is 0 Å². The Bertz CT molecular complexity index is 725. The number of aryl methyl sites for hydroxylation is 1. The minimum Gasteiger partial charge on any atom is -0.256 e. The van der Waals surface area contributed by atoms with Crippen LogP contribution in [0.5, 0.6) is 0 Å². The third kappa shape index (κ3) is 1.75. The van der Waals surface area contributed by atoms with Crippen LogP contribution in [-0.2, 0) is 0 Å². The second kappa shape index (κ2) is 4.39. The standard InChI is InChI=1S/C16H13NS/c1-3-12-4-5-15-14(10-12)13(6-8-17-15)16-11(2)7-9-18-16/h3-10H,1H2,2H3. The smallest absolute Gasteiger partial charge is 0.0708 e. The lowest BCUT2D eigenvalue weighted by Crippen LogP contribution is -1.84. The van der Waals surface area contributed by atoms with E-state index in [-0.39, 0.29) is 0 Å². The van der Waals surface area contributed by atoms with Gasteiger partial charge in [-0.3, -0.25) is 4.98 Å². The molecule has 0 radical (unpaired) electrons. The molecular formula is C16H13NS. The van der Waals surface area contributed by atoms with Crippen LogP contribution >= 0.6 is 11.3 Å². The van der Waals surface area contributed by atoms with Gasteiger partial charge in [-0.1, -0.05) is 18.7 Å². The lowest BCUT2D eigenvalue weighted by Gasteiger charge is -2.06. The fraction of sp³-hybridized carbons (Fsp3) is 0.0625. The summed E-state index contributed by atoms with van der Waals surface area (Å²) in [6.07, 6.45) is 3.75. The Labute approximate surface area is 110 Å². The summed E-state index contributed by atoms with van der Waals surface area (Å²) in [6.45, 7) is 5.98. The highest BCUT2D eigenvalue weighted by Crippen LogP contribution is 2.34. The Hall–Kier alpha value is -1.93. The Balaban J connectivity index is 2.35. The first-order chi connectivity index (χ1) is 8.79. The Morgan fingerprint density at radius 3 is 2.83 bits per heavy atom. The van der Waals surface area contributed by atoms with Crippen molar-refractivity contribution in [3.8, 4) is 10.4 Å². The van der Waals surface area contributed by atoms with Crippen LogP contribution in [-0.4, -0.2) is 4.98 Å². The minimum atomic E-state index is 1.03. The third-order valence-corrected chi connectivity index (χ3v) is 4.16. The van der Waals surface area contributed by atoms with Gasteiger partial charge in [0.05, 0.1) is 5.52 Å². The van der Waals surface area contributed by atoms with E-state index in [4.69, 9.17) is 0 Å². The van der Waals surface area contributed by atoms with E-state index in [1.165, 1.54) is 21.4 Å². The first-order valence-corrected chi connectivity index (χ1v) is 6.73. The Morgan fingerprint density at radius 1 is 1.22 bits per heavy atom. The lowest BCUT2D eigenvalue weighted by molar-refractivity contribution is 1.41. The molecule has 2 aromatic heterocycles. The number of benzene rings is 1. The highest BCUT2D eigenvalue weighted by Gasteiger charge is 2.08. The highest BCUT2D eigenvalue weighted by molar-refractivity contribution is 7.13. The molecule has 0 N–H and O–H groups in total. The maximum absolute atomic E-state index is 4.43. The van der Waals surface area contributed by atoms with Gasteiger partial charge < -0.3 is 0 Å². The molecule has 0 saturated heterocycles. The van der Waals surface area contributed by atoms with Gasteiger partial charge >= 0.3 is 0 Å². The van der Waals surface area contributed by atoms with Crippen molar-refractivity contribution in [1.82, 2.24) is 4.98 Å². The molecular weight excluding hydrogens is 238 g/mol. The van der Waals surface area contributed by atoms with Gasteiger partial charge in [0.25, 0.3) is 0 Å². The number of thiophene rings is 1. The molecule has 0 spiro atoms. The van der Waals surface area contributed by atoms with Crippen LogP contribution in [0.1, 0.15) is 11.1 Å². The zero-order valence-electron chi connectivity index (χ0n) is 10.2. The quantitative estimate of drug-likeness (QED) is 0.630. The van der Waals surface area contributed by atoms with E-state index in [0.717, 1.165) is 11.1 Å². The van der Waals surface area contributed by atoms with E-state index in [2.05, 4.69) is 48.1 Å². The number of aromatic nitrogens is 1. The van der Waals surface area contributed by atoms with Crippen molar-refractivity contribution in [1.29, 1.82) is 0 Å². The molecule has 0 unspecified atom stereocenters. The van der Waals surface area contributed by atoms with Gasteiger partial charge in [0.2, 0.25) is 0 Å². The first kappa shape index (κ1) is 11.2. The molecule has 3 rings (SSSR count). The largest absolute Gasteiger partial charge is 0.256 e. The van der Waals surface area contributed by atoms with Crippen molar-refractivity contribution in [2.45, 2.75) is 6.92 Å². The van der Waals surface area contributed by atoms with Crippen LogP contribution in [0.4, 0.5) is 0 Å². The lowest BCUT2D eigenvalue weighted by atomic mass is 10.0. The topological polar surface area (TPSA) is 12.9 Å². The maximum Gasteiger partial charge on any atom is 0.0708 e. The van der Waals surface area contributed by atoms with Crippen molar-refractivity contribution in [2.24, 2.45) is 0 Å². The zero-order valence-corrected chi connectivity index (χ0v) is 11.0. The number of pyridine rings is 1. The van der Waals surface area contributed by atoms with Crippen molar-refractivity contribution >= 4 is 28.3 Å². The number of hydrogen-bond acceptors (Lipinski definition) is 2. The SMILES string of the molecule is C=Cc1ccc2nccc(-c3sccc3C)c2c1. The molecule has 0 fully saturated rings. The van der Waals surface area contributed by atoms with Gasteiger partial charge in [0, 0.05) is 22.0 Å². The average Bonchev–Trinajstić information content (AvgIpc) is 2.83. The summed E-state index contributed by atoms with van der Waals surface area (Å²) in [6, 6.07) is 10.5. The van der Waals surface area contributed by atoms with E-state index in [9.17, 15) is 0 Å². The summed E-state index contributed by atoms with van der Waals surface area (Å²) in [4.78, 5) is 5.75. The van der Waals surface area contributed by atoms with Crippen molar-refractivity contribution in [3.05, 3.63) is 59.6 Å². The highest BCUT2D eigenvalue weighted by atomic mass is 32.1. The second-order valence-electron chi connectivity index (χ2n) is 4.27. The van der Waals surface area contributed by atoms with Gasteiger partial charge in [-0.2, -0.15) is 0 Å². The molecule has 0 saturated carbocycles. The molecule has 88 valence electrons. The Morgan fingerprint density at radius 2 is 2.11 bits per heavy atom. The molecule has 1 aromatic carbocycles. The van der Waals surface area contributed by atoms with Crippen molar-refractivity contribution in [3.63, 3.8) is 0 Å². The minimum absolute atomic E-state index is 1.03. The molecule has 0 aliphatic heterocycles. The zero-order chi connectivity index (χ0) is 12.5. The van der Waals surface area contributed by atoms with Gasteiger partial charge in [0.1, 0.15) is 0 Å². The molecule has 2 heterocycles. The van der Waals surface area contributed by atoms with Crippen LogP contribution in [0.2, 0.25) is 0 Å². The van der Waals surface area contributed by atoms with Crippen molar-refractivity contribution in [2.75, 3.05) is 0 Å². The van der Waals surface area contributed by atoms with E-state index in [1.54, 1.807) is 11.3 Å². The first-order valence-electron chi connectivity index (χ1n) is 5.85. The predicted octanol–water partition coefficient (Wildman–Crippen LogP) is 4.91. The molecule has 0 atom stereocenters. The van der Waals surface area contributed by atoms with Gasteiger partial charge in [0.15, 0.2) is 0 Å². The summed E-state index contributed by atoms with van der Waals surface area (Å²) in [5.41, 5.74) is 4.74. The molecule has 2 heteroatoms. The van der Waals surface area contributed by atoms with Gasteiger partial charge in [-0.05, 0) is 47.7 Å². The fourth-order valence-electron chi connectivity index (χ4n) is 2.14. The van der Waals surface area contributed by atoms with Crippen LogP contribution in [0.15, 0.2) is 48.5 Å². The fourth-order valence-corrected chi connectivity index (χ4v) is 3.10. The molecule has 1 nitrogen and oxygen atoms in total. The molecule has 3 aromatic rings. The molecule has 0 aliphatic rings. The number of hydrogen-bond donors (Lipinski definition) is 0. The summed E-state index contributed by atoms with van der Waals surface area (Å²) < 4.78 is 0. The Kier molecular flexibility index (Phi) is 2.73. The summed E-state index contributed by atoms with van der Waals surface area (Å²) in [5.74, 6) is 0. The van der Waals surface area contributed by atoms with Gasteiger partial charge in [-0.25, -0.2) is 0 Å². The van der Waals surface area contributed by atoms with Crippen LogP contribution in [0, 0.1) is 6.92 Å². The van der Waals surface area contributed by atoms with E-state index < -0.39 is 0 Å². The molecule has 0 aliphatic carbocycles. The number of nitrogens with zero attached hydrogens (tertiary/aromatic N) is 1. The second-order valence-corrected chi connectivity index (χ2v) is 5.19. The average molecular weight is 251 g/mol. The maximum atomic E-state index is 4.43. The van der Waals surface area contributed by atoms with Crippen LogP contribution in [0.3, 0.4) is 0 Å². The normalized spacial score (nSPS) is 10.7. The van der Waals surface area contributed by atoms with E-state index >= 15 is 0 Å². The van der Waals surface area contributed by atoms with Crippen LogP contribution in [0.25, 0.3) is 27.4 Å². The third-order valence-electron chi connectivity index (χ3n) is 3.11. The summed E-state index contributed by atoms with van der Waals surface area (Å²) >= 11 is 1.78. The summed E-state index contributed by atoms with van der Waals surface area (Å²) in [5, 5.41) is 3.33. The molecule has 18 heavy (non-hydrogen) atoms. The van der Waals surface area contributed by atoms with E-state index in [0.29, 0.717) is 0 Å². The number of rotatable bonds is 2. The monoisotopic (exact) mass is 251 g/mol. The predicted molar refractivity (Wildman–Crippen MR) is 79.9 cm³/mol. The number of fused-ring (bicyclic) bond motifs is 1. The van der Waals surface area contributed by atoms with Crippen LogP contribution < -0.4 is 0 Å². The molecule has 0 amide bonds. The molecule has 0 bridgehead atoms. The van der Waals surface area contributed by atoms with Gasteiger partial charge in [-0.15, -0.1) is 11.3 Å². The summed E-state index contributed by atoms with van der Waals surface area (Å²) in [7, 11) is 0.